The van der Waals surface area contributed by atoms with E-state index in [1.807, 2.05) is 0 Å². The van der Waals surface area contributed by atoms with Gasteiger partial charge in [-0.3, -0.25) is 82.7 Å². The minimum atomic E-state index is -1.77. The van der Waals surface area contributed by atoms with E-state index in [0.717, 1.165) is 25.7 Å². The summed E-state index contributed by atoms with van der Waals surface area (Å²) in [5, 5.41) is 44.5. The van der Waals surface area contributed by atoms with Gasteiger partial charge in [-0.1, -0.05) is 224 Å². The van der Waals surface area contributed by atoms with E-state index in [2.05, 4.69) is 113 Å². The number of amides is 12. The minimum Gasteiger partial charge on any atom is -0.481 e. The molecular weight excluding hydrogens is 1960 g/mol. The number of hydrogen-bond acceptors (Lipinski definition) is 31. The van der Waals surface area contributed by atoms with Crippen LogP contribution in [0.25, 0.3) is 0 Å². The van der Waals surface area contributed by atoms with Crippen molar-refractivity contribution < 1.29 is 115 Å². The number of thiol groups is 2. The van der Waals surface area contributed by atoms with Gasteiger partial charge in [0.15, 0.2) is 0 Å². The number of hydrogen-bond donors (Lipinski definition) is 19. The second-order valence-electron chi connectivity index (χ2n) is 36.6. The first-order chi connectivity index (χ1) is 71.3. The van der Waals surface area contributed by atoms with Crippen LogP contribution in [0.1, 0.15) is 277 Å². The maximum atomic E-state index is 14.1. The minimum absolute atomic E-state index is 0.00122. The number of unbranched alkanes of at least 4 members (excludes halogenated alkanes) is 28. The summed E-state index contributed by atoms with van der Waals surface area (Å²) in [7, 11) is 0. The van der Waals surface area contributed by atoms with Crippen molar-refractivity contribution in [1.29, 1.82) is 0 Å². The van der Waals surface area contributed by atoms with Gasteiger partial charge >= 0.3 is 5.97 Å². The number of carbonyl (C=O) groups excluding carboxylic acids is 13. The highest BCUT2D eigenvalue weighted by Gasteiger charge is 2.33. The lowest BCUT2D eigenvalue weighted by atomic mass is 10.0. The molecule has 41 nitrogen and oxygen atoms in total. The number of carboxylic acid groups (broad SMARTS) is 1. The summed E-state index contributed by atoms with van der Waals surface area (Å²) in [6.45, 7) is 14.0. The highest BCUT2D eigenvalue weighted by atomic mass is 32.2. The van der Waals surface area contributed by atoms with E-state index in [4.69, 9.17) is 59.8 Å². The molecule has 147 heavy (non-hydrogen) atoms. The number of nitrogens with one attached hydrogen (secondary N) is 13. The largest absolute Gasteiger partial charge is 0.481 e. The lowest BCUT2D eigenvalue weighted by Gasteiger charge is -2.25. The molecule has 0 heterocycles. The first-order valence-corrected chi connectivity index (χ1v) is 56.8. The molecule has 20 N–H and O–H groups in total. The molecule has 0 bridgehead atoms. The molecule has 0 fully saturated rings. The fourth-order valence-corrected chi connectivity index (χ4v) is 16.2. The molecule has 0 radical (unpaired) electrons. The number of rotatable bonds is 106. The van der Waals surface area contributed by atoms with Crippen LogP contribution in [-0.4, -0.2) is 349 Å². The predicted octanol–water partition coefficient (Wildman–Crippen LogP) is 5.55. The summed E-state index contributed by atoms with van der Waals surface area (Å²) < 4.78 is 50.2. The van der Waals surface area contributed by atoms with Crippen molar-refractivity contribution in [3.63, 3.8) is 0 Å². The Balaban J connectivity index is 2.31. The van der Waals surface area contributed by atoms with Crippen LogP contribution in [0.3, 0.4) is 0 Å². The van der Waals surface area contributed by atoms with Gasteiger partial charge in [0.1, 0.15) is 48.3 Å². The average Bonchev–Trinajstić information content (AvgIpc) is 0.842. The van der Waals surface area contributed by atoms with E-state index in [0.29, 0.717) is 156 Å². The summed E-state index contributed by atoms with van der Waals surface area (Å²) in [6, 6.07) is -0.184. The van der Waals surface area contributed by atoms with E-state index in [9.17, 15) is 72.2 Å². The molecule has 1 aromatic rings. The molecule has 44 heteroatoms. The molecule has 848 valence electrons. The fourth-order valence-electron chi connectivity index (χ4n) is 15.2. The Morgan fingerprint density at radius 3 is 1.10 bits per heavy atom. The summed E-state index contributed by atoms with van der Waals surface area (Å²) in [5.41, 5.74) is 17.1. The molecule has 1 aromatic carbocycles. The molecule has 0 aliphatic rings. The van der Waals surface area contributed by atoms with Gasteiger partial charge in [-0.2, -0.15) is 37.0 Å². The van der Waals surface area contributed by atoms with Gasteiger partial charge in [0.2, 0.25) is 70.9 Å². The van der Waals surface area contributed by atoms with Crippen molar-refractivity contribution in [2.24, 2.45) is 17.2 Å². The van der Waals surface area contributed by atoms with Gasteiger partial charge in [0.05, 0.1) is 144 Å². The number of thioether (sulfide) groups is 1. The third kappa shape index (κ3) is 83.8. The van der Waals surface area contributed by atoms with Crippen molar-refractivity contribution in [2.45, 2.75) is 326 Å². The van der Waals surface area contributed by atoms with Crippen LogP contribution in [0.2, 0.25) is 0 Å². The van der Waals surface area contributed by atoms with Crippen LogP contribution >= 0.6 is 37.0 Å². The maximum Gasteiger partial charge on any atom is 0.305 e. The van der Waals surface area contributed by atoms with E-state index < -0.39 is 126 Å². The zero-order chi connectivity index (χ0) is 108. The maximum absolute atomic E-state index is 14.1. The lowest BCUT2D eigenvalue weighted by Crippen LogP contribution is -2.58. The van der Waals surface area contributed by atoms with Crippen molar-refractivity contribution in [2.75, 3.05) is 208 Å². The van der Waals surface area contributed by atoms with Crippen molar-refractivity contribution in [1.82, 2.24) is 74.0 Å². The number of ether oxygens (including phenoxy) is 9. The Morgan fingerprint density at radius 2 is 0.707 bits per heavy atom. The highest BCUT2D eigenvalue weighted by Crippen LogP contribution is 2.18. The van der Waals surface area contributed by atoms with Crippen LogP contribution in [0.5, 0.6) is 0 Å². The van der Waals surface area contributed by atoms with Crippen molar-refractivity contribution >= 4 is 120 Å². The number of Topliss-reactive ketones (excluding diaryl/α,β-unsaturated/α-hetero) is 1. The van der Waals surface area contributed by atoms with Crippen molar-refractivity contribution in [3.8, 4) is 0 Å². The van der Waals surface area contributed by atoms with E-state index in [1.165, 1.54) is 186 Å². The standard InChI is InChI=1S/C103H189N17O24S3/c1-5-7-9-11-13-15-17-19-21-23-25-27-29-31-36-42-90(122)107-50-53-120(54-51-108-91(123)43-37-32-30-28-26-24-22-20-18-16-14-12-10-8-6-2)55-52-109-92(124)45-56-136-58-60-138-62-64-140-66-68-142-70-72-144-73-71-143-69-67-141-65-63-139-61-59-137-57-46-93(125)114-81(3)97(130)119-89(80-146)99(132)110-49-44-83(121)77-112-86(75-82-39-34-33-35-40-82)102(135)116-85(47-74-147-4)101(134)117-87(76-95(127)128)98(131)113-78-94(126)115-84(41-38-48-111-103(105)106)100(133)118-88(79-145)96(104)129/h33-35,39-40,81,84-89,103,111-112,145-146H,5-32,36-38,41-80,105-106H2,1-4H3,(H2,104,129)(H,107,122)(H,108,123)(H,109,124)(H,110,132)(H,113,131)(H,114,125)(H,115,126)(H,116,135)(H,117,134)(H,118,133)(H,119,130)(H,127,128). The number of benzene rings is 1. The van der Waals surface area contributed by atoms with E-state index >= 15 is 0 Å². The van der Waals surface area contributed by atoms with Crippen LogP contribution in [0, 0.1) is 0 Å². The topological polar surface area (TPSA) is 580 Å². The summed E-state index contributed by atoms with van der Waals surface area (Å²) in [6.07, 6.45) is 39.7. The SMILES string of the molecule is CCCCCCCCCCCCCCCCCC(=O)NCCN(CCNC(=O)CCCCCCCCCCCCCCCCC)CCNC(=O)CCOCCOCCOCCOCCOCCOCCOCCOCCOCCC(=O)NC(C)C(=O)NC(CS)C(=O)NCCC(=O)CNC(Cc1ccccc1)C(=O)NC(CCSC)C(=O)NC(CC(=O)O)C(=O)NCC(=O)NC(CCCNC(N)N)C(=O)NC(CS)C(N)=O. The smallest absolute Gasteiger partial charge is 0.305 e. The molecule has 7 atom stereocenters. The predicted molar refractivity (Wildman–Crippen MR) is 578 cm³/mol. The Hall–Kier alpha value is -7.51. The third-order valence-corrected chi connectivity index (χ3v) is 25.2. The van der Waals surface area contributed by atoms with Crippen molar-refractivity contribution in [3.05, 3.63) is 35.9 Å². The second-order valence-corrected chi connectivity index (χ2v) is 38.4. The monoisotopic (exact) mass is 2140 g/mol. The molecule has 12 amide bonds. The Morgan fingerprint density at radius 1 is 0.347 bits per heavy atom. The van der Waals surface area contributed by atoms with Gasteiger partial charge in [0, 0.05) is 89.4 Å². The molecule has 0 saturated heterocycles. The highest BCUT2D eigenvalue weighted by molar-refractivity contribution is 7.98. The average molecular weight is 2150 g/mol. The van der Waals surface area contributed by atoms with Crippen LogP contribution in [0.4, 0.5) is 0 Å². The third-order valence-electron chi connectivity index (χ3n) is 23.8. The molecule has 0 aliphatic heterocycles. The number of carboxylic acids is 1. The summed E-state index contributed by atoms with van der Waals surface area (Å²) >= 11 is 9.58. The van der Waals surface area contributed by atoms with Gasteiger partial charge in [-0.05, 0) is 69.6 Å². The van der Waals surface area contributed by atoms with Gasteiger partial charge in [-0.25, -0.2) is 0 Å². The zero-order valence-corrected chi connectivity index (χ0v) is 91.6. The summed E-state index contributed by atoms with van der Waals surface area (Å²) in [5.74, 6) is -9.07. The van der Waals surface area contributed by atoms with Crippen LogP contribution in [0.15, 0.2) is 30.3 Å². The molecule has 1 rings (SSSR count). The summed E-state index contributed by atoms with van der Waals surface area (Å²) in [4.78, 5) is 185. The molecule has 0 aromatic heterocycles. The first-order valence-electron chi connectivity index (χ1n) is 54.1. The molecule has 0 aliphatic carbocycles. The quantitative estimate of drug-likeness (QED) is 0.0216. The molecule has 0 spiro atoms. The van der Waals surface area contributed by atoms with Gasteiger partial charge in [-0.15, -0.1) is 0 Å². The van der Waals surface area contributed by atoms with Gasteiger partial charge < -0.3 is 123 Å². The number of aliphatic carboxylic acids is 1. The number of primary amides is 1. The first kappa shape index (κ1) is 137. The van der Waals surface area contributed by atoms with Gasteiger partial charge in [0.25, 0.3) is 0 Å². The number of nitrogens with zero attached hydrogens (tertiary/aromatic N) is 1. The number of ketones is 1. The van der Waals surface area contributed by atoms with E-state index in [1.54, 1.807) is 36.6 Å². The molecular formula is C103H189N17O24S3. The molecule has 7 unspecified atom stereocenters. The van der Waals surface area contributed by atoms with Crippen LogP contribution in [-0.2, 0) is 116 Å². The molecule has 0 saturated carbocycles. The van der Waals surface area contributed by atoms with E-state index in [-0.39, 0.29) is 120 Å². The second kappa shape index (κ2) is 97.9. The zero-order valence-electron chi connectivity index (χ0n) is 89.0. The lowest BCUT2D eigenvalue weighted by molar-refractivity contribution is -0.141. The normalized spacial score (nSPS) is 12.8. The fraction of sp³-hybridized carbons (Fsp3) is 0.806. The Labute approximate surface area is 890 Å². The Kier molecular flexibility index (Phi) is 91.6. The number of nitrogens with two attached hydrogens (primary N) is 3. The Bertz CT molecular complexity index is 3540. The number of carbonyl (C=O) groups is 14. The van der Waals surface area contributed by atoms with Crippen LogP contribution < -0.4 is 86.3 Å².